The van der Waals surface area contributed by atoms with Crippen molar-refractivity contribution in [3.8, 4) is 0 Å². The summed E-state index contributed by atoms with van der Waals surface area (Å²) in [5.41, 5.74) is 2.73. The number of carbonyl (C=O) groups excluding carboxylic acids is 2. The number of rotatable bonds is 6. The molecule has 148 valence electrons. The first kappa shape index (κ1) is 20.4. The molecule has 2 aromatic carbocycles. The van der Waals surface area contributed by atoms with Crippen LogP contribution in [-0.2, 0) is 16.1 Å². The quantitative estimate of drug-likeness (QED) is 0.742. The molecule has 3 rings (SSSR count). The standard InChI is InChI=1S/C21H24BrN3O3/c1-24(20(26)14-23-21(27)17-3-2-4-18(22)13-17)15-16-5-7-19(8-6-16)25-9-11-28-12-10-25/h2-8,13H,9-12,14-15H2,1H3,(H,23,27). The summed E-state index contributed by atoms with van der Waals surface area (Å²) in [5, 5.41) is 2.68. The fourth-order valence-corrected chi connectivity index (χ4v) is 3.42. The summed E-state index contributed by atoms with van der Waals surface area (Å²) in [6.45, 7) is 3.77. The van der Waals surface area contributed by atoms with Gasteiger partial charge in [0.2, 0.25) is 5.91 Å². The molecule has 0 unspecified atom stereocenters. The lowest BCUT2D eigenvalue weighted by Crippen LogP contribution is -2.38. The molecule has 0 saturated carbocycles. The van der Waals surface area contributed by atoms with Crippen LogP contribution in [0.5, 0.6) is 0 Å². The second kappa shape index (κ2) is 9.71. The Bertz CT molecular complexity index is 820. The van der Waals surface area contributed by atoms with Crippen LogP contribution >= 0.6 is 15.9 Å². The molecule has 1 aliphatic heterocycles. The van der Waals surface area contributed by atoms with Gasteiger partial charge in [0, 0.05) is 42.4 Å². The van der Waals surface area contributed by atoms with Crippen LogP contribution in [0.1, 0.15) is 15.9 Å². The smallest absolute Gasteiger partial charge is 0.251 e. The van der Waals surface area contributed by atoms with Crippen molar-refractivity contribution in [3.63, 3.8) is 0 Å². The molecule has 1 heterocycles. The Hall–Kier alpha value is -2.38. The van der Waals surface area contributed by atoms with Crippen LogP contribution in [0.25, 0.3) is 0 Å². The number of morpholine rings is 1. The summed E-state index contributed by atoms with van der Waals surface area (Å²) in [7, 11) is 1.74. The van der Waals surface area contributed by atoms with Gasteiger partial charge < -0.3 is 19.9 Å². The first-order valence-corrected chi connectivity index (χ1v) is 10.0. The molecule has 0 radical (unpaired) electrons. The van der Waals surface area contributed by atoms with Crippen LogP contribution in [0.15, 0.2) is 53.0 Å². The van der Waals surface area contributed by atoms with Crippen LogP contribution in [0.2, 0.25) is 0 Å². The van der Waals surface area contributed by atoms with Gasteiger partial charge in [-0.15, -0.1) is 0 Å². The Balaban J connectivity index is 1.49. The summed E-state index contributed by atoms with van der Waals surface area (Å²) in [6, 6.07) is 15.3. The fourth-order valence-electron chi connectivity index (χ4n) is 3.02. The fraction of sp³-hybridized carbons (Fsp3) is 0.333. The monoisotopic (exact) mass is 445 g/mol. The Morgan fingerprint density at radius 1 is 1.14 bits per heavy atom. The number of halogens is 1. The van der Waals surface area contributed by atoms with E-state index in [1.165, 1.54) is 5.69 Å². The molecule has 1 N–H and O–H groups in total. The van der Waals surface area contributed by atoms with Gasteiger partial charge in [0.05, 0.1) is 19.8 Å². The number of hydrogen-bond donors (Lipinski definition) is 1. The SMILES string of the molecule is CN(Cc1ccc(N2CCOCC2)cc1)C(=O)CNC(=O)c1cccc(Br)c1. The molecule has 0 bridgehead atoms. The summed E-state index contributed by atoms with van der Waals surface area (Å²) in [4.78, 5) is 28.4. The highest BCUT2D eigenvalue weighted by Crippen LogP contribution is 2.17. The maximum atomic E-state index is 12.3. The van der Waals surface area contributed by atoms with E-state index in [2.05, 4.69) is 38.3 Å². The van der Waals surface area contributed by atoms with Crippen LogP contribution in [-0.4, -0.2) is 56.6 Å². The highest BCUT2D eigenvalue weighted by Gasteiger charge is 2.14. The third-order valence-electron chi connectivity index (χ3n) is 4.65. The molecule has 2 amide bonds. The van der Waals surface area contributed by atoms with E-state index in [-0.39, 0.29) is 18.4 Å². The molecule has 0 atom stereocenters. The van der Waals surface area contributed by atoms with E-state index in [1.54, 1.807) is 30.1 Å². The minimum absolute atomic E-state index is 0.0340. The molecule has 0 aromatic heterocycles. The molecule has 7 heteroatoms. The van der Waals surface area contributed by atoms with Gasteiger partial charge in [0.15, 0.2) is 0 Å². The number of ether oxygens (including phenoxy) is 1. The predicted molar refractivity (Wildman–Crippen MR) is 112 cm³/mol. The van der Waals surface area contributed by atoms with Crippen molar-refractivity contribution >= 4 is 33.4 Å². The van der Waals surface area contributed by atoms with Gasteiger partial charge in [-0.1, -0.05) is 34.1 Å². The average molecular weight is 446 g/mol. The van der Waals surface area contributed by atoms with E-state index in [4.69, 9.17) is 4.74 Å². The van der Waals surface area contributed by atoms with Gasteiger partial charge in [-0.2, -0.15) is 0 Å². The zero-order chi connectivity index (χ0) is 19.9. The van der Waals surface area contributed by atoms with E-state index in [0.717, 1.165) is 36.3 Å². The minimum Gasteiger partial charge on any atom is -0.378 e. The number of nitrogens with one attached hydrogen (secondary N) is 1. The first-order valence-electron chi connectivity index (χ1n) is 9.22. The van der Waals surface area contributed by atoms with Gasteiger partial charge in [-0.05, 0) is 35.9 Å². The zero-order valence-electron chi connectivity index (χ0n) is 15.9. The maximum absolute atomic E-state index is 12.3. The summed E-state index contributed by atoms with van der Waals surface area (Å²) >= 11 is 3.34. The first-order chi connectivity index (χ1) is 13.5. The lowest BCUT2D eigenvalue weighted by atomic mass is 10.1. The van der Waals surface area contributed by atoms with E-state index in [1.807, 2.05) is 18.2 Å². The van der Waals surface area contributed by atoms with Gasteiger partial charge >= 0.3 is 0 Å². The maximum Gasteiger partial charge on any atom is 0.251 e. The van der Waals surface area contributed by atoms with E-state index in [0.29, 0.717) is 12.1 Å². The van der Waals surface area contributed by atoms with E-state index >= 15 is 0 Å². The third-order valence-corrected chi connectivity index (χ3v) is 5.14. The summed E-state index contributed by atoms with van der Waals surface area (Å²) in [6.07, 6.45) is 0. The zero-order valence-corrected chi connectivity index (χ0v) is 17.4. The number of benzene rings is 2. The molecule has 0 aliphatic carbocycles. The molecule has 1 aliphatic rings. The lowest BCUT2D eigenvalue weighted by Gasteiger charge is -2.29. The largest absolute Gasteiger partial charge is 0.378 e. The Morgan fingerprint density at radius 2 is 1.86 bits per heavy atom. The second-order valence-electron chi connectivity index (χ2n) is 6.71. The highest BCUT2D eigenvalue weighted by atomic mass is 79.9. The van der Waals surface area contributed by atoms with Crippen molar-refractivity contribution in [2.45, 2.75) is 6.54 Å². The van der Waals surface area contributed by atoms with Crippen LogP contribution in [0.4, 0.5) is 5.69 Å². The molecule has 1 fully saturated rings. The van der Waals surface area contributed by atoms with Crippen molar-refractivity contribution in [1.82, 2.24) is 10.2 Å². The molecule has 28 heavy (non-hydrogen) atoms. The topological polar surface area (TPSA) is 61.9 Å². The molecule has 6 nitrogen and oxygen atoms in total. The summed E-state index contributed by atoms with van der Waals surface area (Å²) < 4.78 is 6.20. The van der Waals surface area contributed by atoms with Gasteiger partial charge in [-0.3, -0.25) is 9.59 Å². The summed E-state index contributed by atoms with van der Waals surface area (Å²) in [5.74, 6) is -0.404. The van der Waals surface area contributed by atoms with Gasteiger partial charge in [-0.25, -0.2) is 0 Å². The van der Waals surface area contributed by atoms with E-state index < -0.39 is 0 Å². The van der Waals surface area contributed by atoms with E-state index in [9.17, 15) is 9.59 Å². The molecular formula is C21H24BrN3O3. The Labute approximate surface area is 173 Å². The number of anilines is 1. The molecule has 0 spiro atoms. The molecule has 2 aromatic rings. The van der Waals surface area contributed by atoms with Gasteiger partial charge in [0.25, 0.3) is 5.91 Å². The number of nitrogens with zero attached hydrogens (tertiary/aromatic N) is 2. The Morgan fingerprint density at radius 3 is 2.54 bits per heavy atom. The second-order valence-corrected chi connectivity index (χ2v) is 7.62. The van der Waals surface area contributed by atoms with Crippen molar-refractivity contribution < 1.29 is 14.3 Å². The number of carbonyl (C=O) groups is 2. The van der Waals surface area contributed by atoms with Crippen molar-refractivity contribution in [1.29, 1.82) is 0 Å². The van der Waals surface area contributed by atoms with Crippen molar-refractivity contribution in [2.24, 2.45) is 0 Å². The molecule has 1 saturated heterocycles. The lowest BCUT2D eigenvalue weighted by molar-refractivity contribution is -0.129. The van der Waals surface area contributed by atoms with Crippen molar-refractivity contribution in [3.05, 3.63) is 64.1 Å². The normalized spacial score (nSPS) is 13.9. The third kappa shape index (κ3) is 5.56. The Kier molecular flexibility index (Phi) is 7.06. The molecular weight excluding hydrogens is 422 g/mol. The number of likely N-dealkylation sites (N-methyl/N-ethyl adjacent to an activating group) is 1. The number of amides is 2. The van der Waals surface area contributed by atoms with Crippen LogP contribution in [0, 0.1) is 0 Å². The van der Waals surface area contributed by atoms with Crippen molar-refractivity contribution in [2.75, 3.05) is 44.8 Å². The minimum atomic E-state index is -0.266. The highest BCUT2D eigenvalue weighted by molar-refractivity contribution is 9.10. The number of hydrogen-bond acceptors (Lipinski definition) is 4. The van der Waals surface area contributed by atoms with Gasteiger partial charge in [0.1, 0.15) is 0 Å². The predicted octanol–water partition coefficient (Wildman–Crippen LogP) is 2.67. The average Bonchev–Trinajstić information content (AvgIpc) is 2.73. The van der Waals surface area contributed by atoms with Crippen LogP contribution < -0.4 is 10.2 Å². The van der Waals surface area contributed by atoms with Crippen LogP contribution in [0.3, 0.4) is 0 Å².